The predicted molar refractivity (Wildman–Crippen MR) is 131 cm³/mol. The molecule has 0 radical (unpaired) electrons. The second kappa shape index (κ2) is 8.75. The van der Waals surface area contributed by atoms with Crippen molar-refractivity contribution in [3.05, 3.63) is 94.1 Å². The number of nitrogens with zero attached hydrogens (tertiary/aromatic N) is 2. The van der Waals surface area contributed by atoms with Crippen LogP contribution in [0.15, 0.2) is 77.3 Å². The molecule has 0 unspecified atom stereocenters. The highest BCUT2D eigenvalue weighted by Crippen LogP contribution is 2.45. The molecule has 0 saturated carbocycles. The van der Waals surface area contributed by atoms with Crippen LogP contribution in [0.1, 0.15) is 34.6 Å². The van der Waals surface area contributed by atoms with Gasteiger partial charge in [0.2, 0.25) is 0 Å². The van der Waals surface area contributed by atoms with Crippen LogP contribution in [0, 0.1) is 0 Å². The third-order valence-electron chi connectivity index (χ3n) is 5.72. The van der Waals surface area contributed by atoms with E-state index in [1.165, 1.54) is 0 Å². The summed E-state index contributed by atoms with van der Waals surface area (Å²) in [7, 11) is 1.64. The number of hydrogen-bond donors (Lipinski definition) is 1. The Hall–Kier alpha value is -3.58. The molecule has 166 valence electrons. The van der Waals surface area contributed by atoms with Gasteiger partial charge in [0.15, 0.2) is 0 Å². The summed E-state index contributed by atoms with van der Waals surface area (Å²) in [5.41, 5.74) is 4.74. The molecule has 7 heteroatoms. The zero-order valence-corrected chi connectivity index (χ0v) is 19.8. The lowest BCUT2D eigenvalue weighted by atomic mass is 9.95. The van der Waals surface area contributed by atoms with E-state index < -0.39 is 0 Å². The highest BCUT2D eigenvalue weighted by Gasteiger charge is 2.43. The van der Waals surface area contributed by atoms with E-state index in [2.05, 4.69) is 26.1 Å². The van der Waals surface area contributed by atoms with Crippen LogP contribution in [-0.4, -0.2) is 29.8 Å². The van der Waals surface area contributed by atoms with Gasteiger partial charge in [-0.3, -0.25) is 14.8 Å². The van der Waals surface area contributed by atoms with Crippen LogP contribution < -0.4 is 14.4 Å². The van der Waals surface area contributed by atoms with Crippen molar-refractivity contribution >= 4 is 27.5 Å². The van der Waals surface area contributed by atoms with Gasteiger partial charge >= 0.3 is 0 Å². The normalized spacial score (nSPS) is 14.9. The van der Waals surface area contributed by atoms with E-state index in [0.29, 0.717) is 12.3 Å². The molecule has 2 heterocycles. The molecule has 1 aliphatic rings. The Morgan fingerprint density at radius 1 is 1.03 bits per heavy atom. The number of carbonyl (C=O) groups excluding carboxylic acids is 1. The summed E-state index contributed by atoms with van der Waals surface area (Å²) in [5, 5.41) is 7.54. The molecule has 0 spiro atoms. The highest BCUT2D eigenvalue weighted by molar-refractivity contribution is 9.10. The van der Waals surface area contributed by atoms with E-state index in [1.54, 1.807) is 7.11 Å². The van der Waals surface area contributed by atoms with Crippen molar-refractivity contribution in [3.8, 4) is 22.8 Å². The Morgan fingerprint density at radius 3 is 2.48 bits per heavy atom. The van der Waals surface area contributed by atoms with Crippen LogP contribution in [0.3, 0.4) is 0 Å². The summed E-state index contributed by atoms with van der Waals surface area (Å²) in [6.07, 6.45) is 0. The van der Waals surface area contributed by atoms with Gasteiger partial charge in [0, 0.05) is 21.3 Å². The molecule has 5 rings (SSSR count). The molecule has 4 aromatic rings. The molecule has 1 N–H and O–H groups in total. The van der Waals surface area contributed by atoms with Crippen LogP contribution in [0.4, 0.5) is 5.69 Å². The largest absolute Gasteiger partial charge is 0.497 e. The summed E-state index contributed by atoms with van der Waals surface area (Å²) in [4.78, 5) is 15.4. The number of fused-ring (bicyclic) bond motifs is 1. The number of H-pyrrole nitrogens is 1. The number of carbonyl (C=O) groups is 1. The summed E-state index contributed by atoms with van der Waals surface area (Å²) in [6.45, 7) is 2.56. The van der Waals surface area contributed by atoms with Crippen LogP contribution in [-0.2, 0) is 0 Å². The first-order valence-corrected chi connectivity index (χ1v) is 11.4. The lowest BCUT2D eigenvalue weighted by molar-refractivity contribution is 0.0988. The zero-order valence-electron chi connectivity index (χ0n) is 18.2. The summed E-state index contributed by atoms with van der Waals surface area (Å²) < 4.78 is 12.0. The van der Waals surface area contributed by atoms with Crippen LogP contribution in [0.5, 0.6) is 11.5 Å². The van der Waals surface area contributed by atoms with Crippen molar-refractivity contribution in [2.24, 2.45) is 0 Å². The first kappa shape index (κ1) is 21.3. The fourth-order valence-corrected chi connectivity index (χ4v) is 4.50. The summed E-state index contributed by atoms with van der Waals surface area (Å²) in [6, 6.07) is 23.0. The maximum Gasteiger partial charge on any atom is 0.277 e. The fourth-order valence-electron chi connectivity index (χ4n) is 4.24. The van der Waals surface area contributed by atoms with Gasteiger partial charge in [-0.1, -0.05) is 28.1 Å². The number of nitrogens with one attached hydrogen (secondary N) is 1. The van der Waals surface area contributed by atoms with Crippen molar-refractivity contribution in [3.63, 3.8) is 0 Å². The van der Waals surface area contributed by atoms with Gasteiger partial charge in [-0.15, -0.1) is 0 Å². The lowest BCUT2D eigenvalue weighted by Crippen LogP contribution is -2.29. The topological polar surface area (TPSA) is 67.5 Å². The van der Waals surface area contributed by atoms with E-state index in [-0.39, 0.29) is 11.9 Å². The molecule has 1 aliphatic heterocycles. The maximum atomic E-state index is 13.6. The average Bonchev–Trinajstić information content (AvgIpc) is 3.39. The smallest absolute Gasteiger partial charge is 0.277 e. The molecule has 1 amide bonds. The van der Waals surface area contributed by atoms with Gasteiger partial charge in [0.05, 0.1) is 25.5 Å². The van der Waals surface area contributed by atoms with Crippen molar-refractivity contribution in [2.75, 3.05) is 18.6 Å². The number of hydrogen-bond acceptors (Lipinski definition) is 4. The summed E-state index contributed by atoms with van der Waals surface area (Å²) in [5.74, 6) is 1.41. The lowest BCUT2D eigenvalue weighted by Gasteiger charge is -2.27. The molecule has 0 fully saturated rings. The van der Waals surface area contributed by atoms with Gasteiger partial charge in [-0.25, -0.2) is 0 Å². The first-order valence-electron chi connectivity index (χ1n) is 10.6. The SMILES string of the molecule is CCOc1ccc(-c2n[nH]c3c2[C@H](c2cccc(OC)c2)N(c2ccc(Br)cc2)C3=O)cc1. The monoisotopic (exact) mass is 503 g/mol. The average molecular weight is 504 g/mol. The number of methoxy groups -OCH3 is 1. The van der Waals surface area contributed by atoms with Crippen molar-refractivity contribution in [1.29, 1.82) is 0 Å². The molecule has 0 bridgehead atoms. The predicted octanol–water partition coefficient (Wildman–Crippen LogP) is 6.00. The molecule has 1 aromatic heterocycles. The quantitative estimate of drug-likeness (QED) is 0.350. The number of aromatic amines is 1. The fraction of sp³-hybridized carbons (Fsp3) is 0.154. The number of benzene rings is 3. The Morgan fingerprint density at radius 2 is 1.79 bits per heavy atom. The van der Waals surface area contributed by atoms with Gasteiger partial charge in [0.1, 0.15) is 17.2 Å². The number of halogens is 1. The number of aromatic nitrogens is 2. The van der Waals surface area contributed by atoms with Crippen molar-refractivity contribution < 1.29 is 14.3 Å². The molecule has 33 heavy (non-hydrogen) atoms. The van der Waals surface area contributed by atoms with Gasteiger partial charge in [-0.05, 0) is 73.2 Å². The minimum atomic E-state index is -0.357. The first-order chi connectivity index (χ1) is 16.1. The van der Waals surface area contributed by atoms with Gasteiger partial charge in [-0.2, -0.15) is 5.10 Å². The molecular weight excluding hydrogens is 482 g/mol. The van der Waals surface area contributed by atoms with Crippen LogP contribution in [0.25, 0.3) is 11.3 Å². The van der Waals surface area contributed by atoms with Crippen molar-refractivity contribution in [1.82, 2.24) is 10.2 Å². The molecule has 0 aliphatic carbocycles. The van der Waals surface area contributed by atoms with E-state index in [1.807, 2.05) is 84.6 Å². The molecule has 3 aromatic carbocycles. The third kappa shape index (κ3) is 3.78. The highest BCUT2D eigenvalue weighted by atomic mass is 79.9. The second-order valence-corrected chi connectivity index (χ2v) is 8.56. The molecule has 1 atom stereocenters. The second-order valence-electron chi connectivity index (χ2n) is 7.65. The third-order valence-corrected chi connectivity index (χ3v) is 6.25. The standard InChI is InChI=1S/C26H22BrN3O3/c1-3-33-20-13-7-16(8-14-20)23-22-24(29-28-23)26(31)30(19-11-9-18(27)10-12-19)25(22)17-5-4-6-21(15-17)32-2/h4-15,25H,3H2,1-2H3,(H,28,29)/t25-/m0/s1. The van der Waals surface area contributed by atoms with E-state index >= 15 is 0 Å². The Bertz CT molecular complexity index is 1300. The molecular formula is C26H22BrN3O3. The maximum absolute atomic E-state index is 13.6. The Kier molecular flexibility index (Phi) is 5.64. The number of amides is 1. The Labute approximate surface area is 200 Å². The number of ether oxygens (including phenoxy) is 2. The van der Waals surface area contributed by atoms with Crippen molar-refractivity contribution in [2.45, 2.75) is 13.0 Å². The molecule has 0 saturated heterocycles. The van der Waals surface area contributed by atoms with E-state index in [9.17, 15) is 4.79 Å². The van der Waals surface area contributed by atoms with E-state index in [0.717, 1.165) is 44.0 Å². The number of rotatable bonds is 6. The van der Waals surface area contributed by atoms with E-state index in [4.69, 9.17) is 9.47 Å². The minimum absolute atomic E-state index is 0.121. The zero-order chi connectivity index (χ0) is 22.9. The summed E-state index contributed by atoms with van der Waals surface area (Å²) >= 11 is 3.48. The van der Waals surface area contributed by atoms with Gasteiger partial charge < -0.3 is 9.47 Å². The van der Waals surface area contributed by atoms with Gasteiger partial charge in [0.25, 0.3) is 5.91 Å². The number of anilines is 1. The Balaban J connectivity index is 1.67. The van der Waals surface area contributed by atoms with Crippen LogP contribution in [0.2, 0.25) is 0 Å². The van der Waals surface area contributed by atoms with Crippen LogP contribution >= 0.6 is 15.9 Å². The minimum Gasteiger partial charge on any atom is -0.497 e. The molecule has 6 nitrogen and oxygen atoms in total.